The molecule has 4 aromatic rings. The maximum absolute atomic E-state index is 13.0. The minimum absolute atomic E-state index is 0.126. The number of hydrogen-bond acceptors (Lipinski definition) is 7. The number of nitrogens with two attached hydrogens (primary N) is 1. The van der Waals surface area contributed by atoms with Gasteiger partial charge in [-0.15, -0.1) is 0 Å². The van der Waals surface area contributed by atoms with Crippen LogP contribution in [0.3, 0.4) is 0 Å². The van der Waals surface area contributed by atoms with Crippen LogP contribution in [-0.4, -0.2) is 49.7 Å². The lowest BCUT2D eigenvalue weighted by molar-refractivity contribution is -0.149. The van der Waals surface area contributed by atoms with Gasteiger partial charge < -0.3 is 20.3 Å². The molecular weight excluding hydrogens is 522 g/mol. The van der Waals surface area contributed by atoms with Crippen LogP contribution in [0.2, 0.25) is 0 Å². The molecule has 3 N–H and O–H groups in total. The van der Waals surface area contributed by atoms with Crippen molar-refractivity contribution in [2.75, 3.05) is 13.2 Å². The second kappa shape index (κ2) is 15.1. The molecule has 220 valence electrons. The summed E-state index contributed by atoms with van der Waals surface area (Å²) in [6, 6.07) is 17.4. The van der Waals surface area contributed by atoms with Gasteiger partial charge in [0.1, 0.15) is 23.7 Å². The lowest BCUT2D eigenvalue weighted by Gasteiger charge is -2.13. The summed E-state index contributed by atoms with van der Waals surface area (Å²) in [4.78, 5) is 28.9. The highest BCUT2D eigenvalue weighted by Crippen LogP contribution is 2.16. The van der Waals surface area contributed by atoms with Gasteiger partial charge in [-0.2, -0.15) is 5.10 Å². The zero-order valence-electron chi connectivity index (χ0n) is 24.5. The molecule has 0 aliphatic heterocycles. The van der Waals surface area contributed by atoms with Gasteiger partial charge in [0.25, 0.3) is 5.56 Å². The summed E-state index contributed by atoms with van der Waals surface area (Å²) in [5, 5.41) is 13.7. The standard InChI is InChI=1S/C23H30N4O5.C8H11N/c1-5-7-18-20-21(26(4)25-18)22(28)27(15(3)24-20)12-13-32-17-10-8-16(9-11-17)14-19(23(29)30)31-6-2;1-7(9)8-5-3-2-4-6-8/h8-11,19H,5-7,12-14H2,1-4H3,(H,29,30);2-7H,9H2,1H3/t19-;/m1./s1. The summed E-state index contributed by atoms with van der Waals surface area (Å²) >= 11 is 0. The molecule has 0 spiro atoms. The summed E-state index contributed by atoms with van der Waals surface area (Å²) in [6.07, 6.45) is 1.14. The molecule has 0 radical (unpaired) electrons. The molecule has 0 fully saturated rings. The van der Waals surface area contributed by atoms with Crippen molar-refractivity contribution in [3.63, 3.8) is 0 Å². The molecule has 0 saturated heterocycles. The Morgan fingerprint density at radius 3 is 2.34 bits per heavy atom. The number of benzene rings is 2. The lowest BCUT2D eigenvalue weighted by Crippen LogP contribution is -2.27. The molecule has 0 aliphatic carbocycles. The Morgan fingerprint density at radius 2 is 1.78 bits per heavy atom. The van der Waals surface area contributed by atoms with Crippen LogP contribution in [0, 0.1) is 6.92 Å². The van der Waals surface area contributed by atoms with Crippen molar-refractivity contribution in [1.29, 1.82) is 0 Å². The summed E-state index contributed by atoms with van der Waals surface area (Å²) in [7, 11) is 1.77. The van der Waals surface area contributed by atoms with Crippen molar-refractivity contribution in [3.05, 3.63) is 87.6 Å². The number of carboxylic acid groups (broad SMARTS) is 1. The smallest absolute Gasteiger partial charge is 0.333 e. The van der Waals surface area contributed by atoms with Crippen LogP contribution in [-0.2, 0) is 36.0 Å². The molecule has 10 nitrogen and oxygen atoms in total. The second-order valence-corrected chi connectivity index (χ2v) is 9.81. The van der Waals surface area contributed by atoms with E-state index >= 15 is 0 Å². The maximum Gasteiger partial charge on any atom is 0.333 e. The average Bonchev–Trinajstić information content (AvgIpc) is 3.26. The summed E-state index contributed by atoms with van der Waals surface area (Å²) in [5.74, 6) is 0.291. The highest BCUT2D eigenvalue weighted by atomic mass is 16.5. The van der Waals surface area contributed by atoms with Gasteiger partial charge in [0.05, 0.1) is 12.2 Å². The molecule has 2 aromatic heterocycles. The highest BCUT2D eigenvalue weighted by molar-refractivity contribution is 5.76. The number of nitrogens with zero attached hydrogens (tertiary/aromatic N) is 4. The lowest BCUT2D eigenvalue weighted by atomic mass is 10.1. The number of ether oxygens (including phenoxy) is 2. The van der Waals surface area contributed by atoms with Gasteiger partial charge in [-0.1, -0.05) is 55.8 Å². The summed E-state index contributed by atoms with van der Waals surface area (Å²) < 4.78 is 14.3. The molecule has 2 aromatic carbocycles. The number of aromatic nitrogens is 4. The van der Waals surface area contributed by atoms with Crippen molar-refractivity contribution < 1.29 is 19.4 Å². The van der Waals surface area contributed by atoms with E-state index in [1.165, 1.54) is 5.56 Å². The normalized spacial score (nSPS) is 12.4. The van der Waals surface area contributed by atoms with Gasteiger partial charge in [-0.3, -0.25) is 14.0 Å². The first-order valence-electron chi connectivity index (χ1n) is 14.0. The van der Waals surface area contributed by atoms with Gasteiger partial charge in [0.2, 0.25) is 0 Å². The average molecular weight is 564 g/mol. The summed E-state index contributed by atoms with van der Waals surface area (Å²) in [6.45, 7) is 8.63. The molecule has 10 heteroatoms. The van der Waals surface area contributed by atoms with Crippen LogP contribution in [0.15, 0.2) is 59.4 Å². The number of aryl methyl sites for hydroxylation is 3. The van der Waals surface area contributed by atoms with E-state index < -0.39 is 12.1 Å². The Bertz CT molecular complexity index is 1460. The van der Waals surface area contributed by atoms with E-state index in [0.717, 1.165) is 24.1 Å². The van der Waals surface area contributed by atoms with Gasteiger partial charge in [-0.05, 0) is 50.5 Å². The Labute approximate surface area is 240 Å². The highest BCUT2D eigenvalue weighted by Gasteiger charge is 2.18. The zero-order valence-corrected chi connectivity index (χ0v) is 24.5. The van der Waals surface area contributed by atoms with Crippen molar-refractivity contribution in [1.82, 2.24) is 19.3 Å². The van der Waals surface area contributed by atoms with Crippen LogP contribution < -0.4 is 16.0 Å². The third-order valence-corrected chi connectivity index (χ3v) is 6.59. The molecule has 2 atom stereocenters. The molecule has 0 aliphatic rings. The molecular formula is C31H41N5O5. The van der Waals surface area contributed by atoms with Crippen LogP contribution in [0.4, 0.5) is 0 Å². The van der Waals surface area contributed by atoms with Gasteiger partial charge in [-0.25, -0.2) is 9.78 Å². The van der Waals surface area contributed by atoms with Crippen molar-refractivity contribution in [2.45, 2.75) is 65.6 Å². The minimum Gasteiger partial charge on any atom is -0.492 e. The predicted octanol–water partition coefficient (Wildman–Crippen LogP) is 4.21. The maximum atomic E-state index is 13.0. The van der Waals surface area contributed by atoms with Crippen LogP contribution in [0.25, 0.3) is 11.0 Å². The Morgan fingerprint density at radius 1 is 1.10 bits per heavy atom. The Balaban J connectivity index is 0.000000436. The van der Waals surface area contributed by atoms with Gasteiger partial charge >= 0.3 is 5.97 Å². The van der Waals surface area contributed by atoms with Crippen LogP contribution >= 0.6 is 0 Å². The molecule has 0 bridgehead atoms. The first-order chi connectivity index (χ1) is 19.7. The zero-order chi connectivity index (χ0) is 29.9. The minimum atomic E-state index is -0.978. The molecule has 41 heavy (non-hydrogen) atoms. The van der Waals surface area contributed by atoms with Gasteiger partial charge in [0, 0.05) is 26.1 Å². The van der Waals surface area contributed by atoms with E-state index in [-0.39, 0.29) is 18.0 Å². The number of carboxylic acids is 1. The number of carbonyl (C=O) groups is 1. The largest absolute Gasteiger partial charge is 0.492 e. The topological polar surface area (TPSA) is 134 Å². The number of aliphatic carboxylic acids is 1. The monoisotopic (exact) mass is 563 g/mol. The molecule has 1 unspecified atom stereocenters. The van der Waals surface area contributed by atoms with Crippen LogP contribution in [0.1, 0.15) is 55.9 Å². The fourth-order valence-electron chi connectivity index (χ4n) is 4.46. The fourth-order valence-corrected chi connectivity index (χ4v) is 4.46. The summed E-state index contributed by atoms with van der Waals surface area (Å²) in [5.41, 5.74) is 9.56. The molecule has 0 amide bonds. The second-order valence-electron chi connectivity index (χ2n) is 9.81. The van der Waals surface area contributed by atoms with Gasteiger partial charge in [0.15, 0.2) is 11.6 Å². The van der Waals surface area contributed by atoms with E-state index in [0.29, 0.717) is 42.4 Å². The van der Waals surface area contributed by atoms with E-state index in [4.69, 9.17) is 15.2 Å². The van der Waals surface area contributed by atoms with Crippen LogP contribution in [0.5, 0.6) is 5.75 Å². The van der Waals surface area contributed by atoms with E-state index in [1.54, 1.807) is 35.4 Å². The molecule has 4 rings (SSSR count). The molecule has 2 heterocycles. The quantitative estimate of drug-likeness (QED) is 0.262. The third kappa shape index (κ3) is 8.48. The Hall–Kier alpha value is -4.02. The first-order valence-corrected chi connectivity index (χ1v) is 14.0. The van der Waals surface area contributed by atoms with E-state index in [1.807, 2.05) is 56.3 Å². The van der Waals surface area contributed by atoms with Crippen molar-refractivity contribution >= 4 is 17.0 Å². The van der Waals surface area contributed by atoms with E-state index in [2.05, 4.69) is 17.0 Å². The molecule has 0 saturated carbocycles. The first kappa shape index (κ1) is 31.5. The third-order valence-electron chi connectivity index (χ3n) is 6.59. The SMILES string of the molecule is CC(N)c1ccccc1.CCCc1nn(C)c2c(=O)n(CCOc3ccc(C[C@@H](OCC)C(=O)O)cc3)c(C)nc12. The number of hydrogen-bond donors (Lipinski definition) is 2. The Kier molecular flexibility index (Phi) is 11.6. The van der Waals surface area contributed by atoms with Crippen molar-refractivity contribution in [2.24, 2.45) is 12.8 Å². The van der Waals surface area contributed by atoms with Crippen molar-refractivity contribution in [3.8, 4) is 5.75 Å². The fraction of sp³-hybridized carbons (Fsp3) is 0.419. The van der Waals surface area contributed by atoms with E-state index in [9.17, 15) is 14.7 Å². The number of fused-ring (bicyclic) bond motifs is 1. The predicted molar refractivity (Wildman–Crippen MR) is 159 cm³/mol. The number of rotatable bonds is 12.